The first-order valence-electron chi connectivity index (χ1n) is 10.4. The smallest absolute Gasteiger partial charge is 0.263 e. The lowest BCUT2D eigenvalue weighted by Crippen LogP contribution is -2.38. The molecule has 0 aliphatic carbocycles. The Kier molecular flexibility index (Phi) is 6.44. The summed E-state index contributed by atoms with van der Waals surface area (Å²) in [7, 11) is 1.55. The van der Waals surface area contributed by atoms with Crippen molar-refractivity contribution in [1.82, 2.24) is 14.5 Å². The zero-order chi connectivity index (χ0) is 23.7. The van der Waals surface area contributed by atoms with E-state index in [9.17, 15) is 14.4 Å². The molecule has 1 aromatic carbocycles. The first-order chi connectivity index (χ1) is 15.7. The number of nitrogens with one attached hydrogen (secondary N) is 1. The van der Waals surface area contributed by atoms with Gasteiger partial charge in [-0.05, 0) is 43.3 Å². The number of rotatable bonds is 6. The average molecular weight is 481 g/mol. The van der Waals surface area contributed by atoms with Crippen molar-refractivity contribution in [3.05, 3.63) is 68.4 Å². The Morgan fingerprint density at radius 2 is 1.88 bits per heavy atom. The van der Waals surface area contributed by atoms with Gasteiger partial charge in [0.15, 0.2) is 0 Å². The van der Waals surface area contributed by atoms with Crippen LogP contribution in [0.15, 0.2) is 46.1 Å². The van der Waals surface area contributed by atoms with E-state index in [1.807, 2.05) is 55.8 Å². The Labute approximate surface area is 199 Å². The third kappa shape index (κ3) is 4.74. The molecule has 170 valence electrons. The number of carbonyl (C=O) groups is 2. The third-order valence-corrected chi connectivity index (χ3v) is 7.19. The van der Waals surface area contributed by atoms with Crippen molar-refractivity contribution in [2.75, 3.05) is 18.9 Å². The van der Waals surface area contributed by atoms with Crippen LogP contribution in [0.3, 0.4) is 0 Å². The van der Waals surface area contributed by atoms with Crippen LogP contribution in [0, 0.1) is 20.8 Å². The van der Waals surface area contributed by atoms with Crippen LogP contribution in [-0.2, 0) is 16.1 Å². The SMILES string of the molecule is Cc1cc(C)c(NC(=O)CN(C)C(=O)Cn2cnc3scc(-c4cccs4)c3c2=O)c(C)c1. The summed E-state index contributed by atoms with van der Waals surface area (Å²) in [5.41, 5.74) is 4.40. The molecule has 0 saturated carbocycles. The maximum atomic E-state index is 13.1. The summed E-state index contributed by atoms with van der Waals surface area (Å²) in [5, 5.41) is 7.29. The number of nitrogens with zero attached hydrogens (tertiary/aromatic N) is 3. The highest BCUT2D eigenvalue weighted by Crippen LogP contribution is 2.33. The van der Waals surface area contributed by atoms with Crippen molar-refractivity contribution in [3.63, 3.8) is 0 Å². The Hall–Kier alpha value is -3.30. The third-order valence-electron chi connectivity index (χ3n) is 5.40. The molecule has 4 rings (SSSR count). The van der Waals surface area contributed by atoms with Gasteiger partial charge in [-0.25, -0.2) is 4.98 Å². The number of thiophene rings is 2. The van der Waals surface area contributed by atoms with E-state index in [1.54, 1.807) is 18.4 Å². The highest BCUT2D eigenvalue weighted by atomic mass is 32.1. The van der Waals surface area contributed by atoms with E-state index in [2.05, 4.69) is 10.3 Å². The van der Waals surface area contributed by atoms with Gasteiger partial charge in [0.05, 0.1) is 18.3 Å². The minimum atomic E-state index is -0.348. The molecule has 0 spiro atoms. The fourth-order valence-corrected chi connectivity index (χ4v) is 5.54. The molecule has 4 aromatic rings. The fourth-order valence-electron chi connectivity index (χ4n) is 3.82. The van der Waals surface area contributed by atoms with Crippen molar-refractivity contribution < 1.29 is 9.59 Å². The molecule has 0 aliphatic rings. The molecule has 7 nitrogen and oxygen atoms in total. The molecule has 2 amide bonds. The van der Waals surface area contributed by atoms with Gasteiger partial charge in [-0.1, -0.05) is 23.8 Å². The summed E-state index contributed by atoms with van der Waals surface area (Å²) in [6, 6.07) is 7.89. The second kappa shape index (κ2) is 9.29. The van der Waals surface area contributed by atoms with Gasteiger partial charge < -0.3 is 10.2 Å². The van der Waals surface area contributed by atoms with Crippen LogP contribution in [-0.4, -0.2) is 39.9 Å². The number of carbonyl (C=O) groups excluding carboxylic acids is 2. The van der Waals surface area contributed by atoms with E-state index >= 15 is 0 Å². The molecule has 0 atom stereocenters. The number of amides is 2. The molecule has 33 heavy (non-hydrogen) atoms. The van der Waals surface area contributed by atoms with Crippen LogP contribution in [0.25, 0.3) is 20.7 Å². The quantitative estimate of drug-likeness (QED) is 0.448. The summed E-state index contributed by atoms with van der Waals surface area (Å²) in [4.78, 5) is 45.8. The molecular weight excluding hydrogens is 456 g/mol. The van der Waals surface area contributed by atoms with E-state index in [1.165, 1.54) is 27.1 Å². The average Bonchev–Trinajstić information content (AvgIpc) is 3.42. The molecule has 0 radical (unpaired) electrons. The predicted molar refractivity (Wildman–Crippen MR) is 134 cm³/mol. The number of aromatic nitrogens is 2. The number of benzene rings is 1. The monoisotopic (exact) mass is 480 g/mol. The van der Waals surface area contributed by atoms with Crippen molar-refractivity contribution >= 4 is 50.4 Å². The number of anilines is 1. The second-order valence-electron chi connectivity index (χ2n) is 8.06. The Morgan fingerprint density at radius 1 is 1.15 bits per heavy atom. The standard InChI is InChI=1S/C24H24N4O3S2/c1-14-8-15(2)22(16(3)9-14)26-19(29)10-27(4)20(30)11-28-13-25-23-21(24(28)31)17(12-33-23)18-6-5-7-32-18/h5-9,12-13H,10-11H2,1-4H3,(H,26,29). The summed E-state index contributed by atoms with van der Waals surface area (Å²) < 4.78 is 1.30. The maximum Gasteiger partial charge on any atom is 0.263 e. The topological polar surface area (TPSA) is 84.3 Å². The van der Waals surface area contributed by atoms with Crippen molar-refractivity contribution in [2.24, 2.45) is 0 Å². The van der Waals surface area contributed by atoms with Crippen LogP contribution >= 0.6 is 22.7 Å². The van der Waals surface area contributed by atoms with E-state index in [-0.39, 0.29) is 30.5 Å². The van der Waals surface area contributed by atoms with Crippen LogP contribution in [0.1, 0.15) is 16.7 Å². The Balaban J connectivity index is 1.48. The van der Waals surface area contributed by atoms with Gasteiger partial charge in [0, 0.05) is 28.6 Å². The molecule has 0 bridgehead atoms. The highest BCUT2D eigenvalue weighted by molar-refractivity contribution is 7.18. The van der Waals surface area contributed by atoms with Crippen molar-refractivity contribution in [1.29, 1.82) is 0 Å². The summed E-state index contributed by atoms with van der Waals surface area (Å²) in [6.07, 6.45) is 1.39. The lowest BCUT2D eigenvalue weighted by atomic mass is 10.1. The molecular formula is C24H24N4O3S2. The van der Waals surface area contributed by atoms with E-state index < -0.39 is 0 Å². The predicted octanol–water partition coefficient (Wildman–Crippen LogP) is 4.21. The zero-order valence-corrected chi connectivity index (χ0v) is 20.5. The summed E-state index contributed by atoms with van der Waals surface area (Å²) in [6.45, 7) is 5.58. The van der Waals surface area contributed by atoms with Crippen LogP contribution in [0.2, 0.25) is 0 Å². The molecule has 3 heterocycles. The summed E-state index contributed by atoms with van der Waals surface area (Å²) >= 11 is 2.96. The molecule has 0 saturated heterocycles. The molecule has 0 fully saturated rings. The highest BCUT2D eigenvalue weighted by Gasteiger charge is 2.18. The minimum absolute atomic E-state index is 0.116. The van der Waals surface area contributed by atoms with E-state index in [4.69, 9.17) is 0 Å². The van der Waals surface area contributed by atoms with Crippen molar-refractivity contribution in [3.8, 4) is 10.4 Å². The lowest BCUT2D eigenvalue weighted by molar-refractivity contribution is -0.133. The van der Waals surface area contributed by atoms with Gasteiger partial charge in [0.1, 0.15) is 11.4 Å². The largest absolute Gasteiger partial charge is 0.335 e. The number of fused-ring (bicyclic) bond motifs is 1. The first kappa shape index (κ1) is 22.9. The number of hydrogen-bond donors (Lipinski definition) is 1. The van der Waals surface area contributed by atoms with E-state index in [0.29, 0.717) is 10.2 Å². The Bertz CT molecular complexity index is 1380. The maximum absolute atomic E-state index is 13.1. The minimum Gasteiger partial charge on any atom is -0.335 e. The van der Waals surface area contributed by atoms with Gasteiger partial charge in [-0.15, -0.1) is 22.7 Å². The number of likely N-dealkylation sites (N-methyl/N-ethyl adjacent to an activating group) is 1. The second-order valence-corrected chi connectivity index (χ2v) is 9.86. The molecule has 1 N–H and O–H groups in total. The fraction of sp³-hybridized carbons (Fsp3) is 0.250. The molecule has 3 aromatic heterocycles. The summed E-state index contributed by atoms with van der Waals surface area (Å²) in [5.74, 6) is -0.640. The number of hydrogen-bond acceptors (Lipinski definition) is 6. The van der Waals surface area contributed by atoms with Crippen LogP contribution in [0.5, 0.6) is 0 Å². The molecule has 0 aliphatic heterocycles. The zero-order valence-electron chi connectivity index (χ0n) is 18.8. The number of aryl methyl sites for hydroxylation is 3. The molecule has 9 heteroatoms. The van der Waals surface area contributed by atoms with Gasteiger partial charge in [-0.2, -0.15) is 0 Å². The van der Waals surface area contributed by atoms with E-state index in [0.717, 1.165) is 32.8 Å². The lowest BCUT2D eigenvalue weighted by Gasteiger charge is -2.19. The van der Waals surface area contributed by atoms with Crippen LogP contribution < -0.4 is 10.9 Å². The van der Waals surface area contributed by atoms with Gasteiger partial charge in [0.2, 0.25) is 11.8 Å². The van der Waals surface area contributed by atoms with Crippen molar-refractivity contribution in [2.45, 2.75) is 27.3 Å². The van der Waals surface area contributed by atoms with Crippen LogP contribution in [0.4, 0.5) is 5.69 Å². The normalized spacial score (nSPS) is 11.0. The van der Waals surface area contributed by atoms with Gasteiger partial charge in [-0.3, -0.25) is 19.0 Å². The molecule has 0 unspecified atom stereocenters. The Morgan fingerprint density at radius 3 is 2.55 bits per heavy atom. The first-order valence-corrected chi connectivity index (χ1v) is 12.1. The van der Waals surface area contributed by atoms with Gasteiger partial charge >= 0.3 is 0 Å². The van der Waals surface area contributed by atoms with Gasteiger partial charge in [0.25, 0.3) is 5.56 Å².